The van der Waals surface area contributed by atoms with Crippen LogP contribution in [0, 0.1) is 0 Å². The molecular formula is C9H19NO2. The lowest BCUT2D eigenvalue weighted by atomic mass is 10.3. The van der Waals surface area contributed by atoms with Crippen molar-refractivity contribution >= 4 is 0 Å². The molecule has 3 nitrogen and oxygen atoms in total. The number of hydrogen-bond acceptors (Lipinski definition) is 3. The summed E-state index contributed by atoms with van der Waals surface area (Å²) < 4.78 is 10.2. The Balaban J connectivity index is 2.16. The molecule has 0 aliphatic carbocycles. The molecular weight excluding hydrogens is 154 g/mol. The first-order chi connectivity index (χ1) is 5.74. The summed E-state index contributed by atoms with van der Waals surface area (Å²) in [7, 11) is 1.74. The predicted octanol–water partition coefficient (Wildman–Crippen LogP) is 0.742. The second kappa shape index (κ2) is 4.80. The zero-order valence-electron chi connectivity index (χ0n) is 8.25. The number of rotatable bonds is 6. The minimum absolute atomic E-state index is 0.490. The lowest BCUT2D eigenvalue weighted by Gasteiger charge is -2.24. The maximum atomic E-state index is 5.19. The Morgan fingerprint density at radius 3 is 2.67 bits per heavy atom. The van der Waals surface area contributed by atoms with Crippen LogP contribution in [0.2, 0.25) is 0 Å². The molecule has 1 atom stereocenters. The first-order valence-corrected chi connectivity index (χ1v) is 4.58. The van der Waals surface area contributed by atoms with Crippen LogP contribution in [0.25, 0.3) is 0 Å². The lowest BCUT2D eigenvalue weighted by molar-refractivity contribution is 0.123. The van der Waals surface area contributed by atoms with Gasteiger partial charge in [0.2, 0.25) is 0 Å². The van der Waals surface area contributed by atoms with Gasteiger partial charge in [0.1, 0.15) is 0 Å². The van der Waals surface area contributed by atoms with Crippen LogP contribution in [0.15, 0.2) is 0 Å². The standard InChI is InChI=1S/C9H19NO2/c1-8(2)10(4-5-11-3)6-9-7-12-9/h8-9H,4-7H2,1-3H3. The van der Waals surface area contributed by atoms with E-state index in [1.807, 2.05) is 0 Å². The molecule has 0 spiro atoms. The molecule has 1 aliphatic heterocycles. The predicted molar refractivity (Wildman–Crippen MR) is 48.3 cm³/mol. The summed E-state index contributed by atoms with van der Waals surface area (Å²) in [4.78, 5) is 2.39. The van der Waals surface area contributed by atoms with Gasteiger partial charge >= 0.3 is 0 Å². The largest absolute Gasteiger partial charge is 0.383 e. The van der Waals surface area contributed by atoms with Crippen molar-refractivity contribution < 1.29 is 9.47 Å². The molecule has 1 saturated heterocycles. The van der Waals surface area contributed by atoms with Crippen LogP contribution in [0.1, 0.15) is 13.8 Å². The Kier molecular flexibility index (Phi) is 3.98. The summed E-state index contributed by atoms with van der Waals surface area (Å²) in [6, 6.07) is 0.587. The van der Waals surface area contributed by atoms with E-state index in [9.17, 15) is 0 Å². The van der Waals surface area contributed by atoms with Gasteiger partial charge in [-0.25, -0.2) is 0 Å². The molecule has 0 amide bonds. The normalized spacial score (nSPS) is 22.2. The van der Waals surface area contributed by atoms with Crippen LogP contribution in [0.4, 0.5) is 0 Å². The quantitative estimate of drug-likeness (QED) is 0.554. The molecule has 72 valence electrons. The molecule has 1 unspecified atom stereocenters. The Morgan fingerprint density at radius 2 is 2.25 bits per heavy atom. The molecule has 1 aliphatic rings. The van der Waals surface area contributed by atoms with Gasteiger partial charge in [0.15, 0.2) is 0 Å². The van der Waals surface area contributed by atoms with Gasteiger partial charge in [0.25, 0.3) is 0 Å². The Hall–Kier alpha value is -0.120. The molecule has 0 saturated carbocycles. The molecule has 12 heavy (non-hydrogen) atoms. The van der Waals surface area contributed by atoms with Crippen molar-refractivity contribution in [2.24, 2.45) is 0 Å². The van der Waals surface area contributed by atoms with Gasteiger partial charge in [-0.05, 0) is 13.8 Å². The molecule has 3 heteroatoms. The molecule has 1 rings (SSSR count). The molecule has 0 bridgehead atoms. The minimum atomic E-state index is 0.490. The summed E-state index contributed by atoms with van der Waals surface area (Å²) in [6.07, 6.45) is 0.490. The first-order valence-electron chi connectivity index (χ1n) is 4.58. The van der Waals surface area contributed by atoms with E-state index in [-0.39, 0.29) is 0 Å². The molecule has 0 aromatic heterocycles. The van der Waals surface area contributed by atoms with E-state index in [1.54, 1.807) is 7.11 Å². The Morgan fingerprint density at radius 1 is 1.58 bits per heavy atom. The Bertz CT molecular complexity index is 124. The fraction of sp³-hybridized carbons (Fsp3) is 1.00. The van der Waals surface area contributed by atoms with Crippen molar-refractivity contribution in [1.82, 2.24) is 4.90 Å². The molecule has 0 radical (unpaired) electrons. The van der Waals surface area contributed by atoms with Gasteiger partial charge in [0, 0.05) is 26.2 Å². The smallest absolute Gasteiger partial charge is 0.0936 e. The number of hydrogen-bond donors (Lipinski definition) is 0. The van der Waals surface area contributed by atoms with Crippen LogP contribution in [0.5, 0.6) is 0 Å². The Labute approximate surface area is 74.6 Å². The number of methoxy groups -OCH3 is 1. The van der Waals surface area contributed by atoms with Crippen molar-refractivity contribution in [3.05, 3.63) is 0 Å². The van der Waals surface area contributed by atoms with Gasteiger partial charge in [-0.3, -0.25) is 4.90 Å². The van der Waals surface area contributed by atoms with E-state index in [1.165, 1.54) is 0 Å². The topological polar surface area (TPSA) is 25.0 Å². The second-order valence-electron chi connectivity index (χ2n) is 3.54. The highest BCUT2D eigenvalue weighted by Gasteiger charge is 2.26. The van der Waals surface area contributed by atoms with Gasteiger partial charge in [-0.2, -0.15) is 0 Å². The highest BCUT2D eigenvalue weighted by Crippen LogP contribution is 2.12. The minimum Gasteiger partial charge on any atom is -0.383 e. The summed E-state index contributed by atoms with van der Waals surface area (Å²) >= 11 is 0. The fourth-order valence-corrected chi connectivity index (χ4v) is 1.20. The maximum absolute atomic E-state index is 5.19. The molecule has 0 aromatic rings. The third-order valence-corrected chi connectivity index (χ3v) is 2.15. The summed E-state index contributed by atoms with van der Waals surface area (Å²) in [5, 5.41) is 0. The molecule has 1 heterocycles. The monoisotopic (exact) mass is 173 g/mol. The average Bonchev–Trinajstić information content (AvgIpc) is 2.80. The summed E-state index contributed by atoms with van der Waals surface area (Å²) in [5.41, 5.74) is 0. The van der Waals surface area contributed by atoms with Crippen LogP contribution >= 0.6 is 0 Å². The fourth-order valence-electron chi connectivity index (χ4n) is 1.20. The van der Waals surface area contributed by atoms with E-state index in [2.05, 4.69) is 18.7 Å². The lowest BCUT2D eigenvalue weighted by Crippen LogP contribution is -2.36. The zero-order valence-corrected chi connectivity index (χ0v) is 8.25. The highest BCUT2D eigenvalue weighted by atomic mass is 16.6. The highest BCUT2D eigenvalue weighted by molar-refractivity contribution is 4.76. The van der Waals surface area contributed by atoms with Crippen LogP contribution < -0.4 is 0 Å². The zero-order chi connectivity index (χ0) is 8.97. The number of ether oxygens (including phenoxy) is 2. The van der Waals surface area contributed by atoms with E-state index in [0.717, 1.165) is 26.3 Å². The number of nitrogens with zero attached hydrogens (tertiary/aromatic N) is 1. The van der Waals surface area contributed by atoms with Crippen LogP contribution in [-0.2, 0) is 9.47 Å². The number of epoxide rings is 1. The third kappa shape index (κ3) is 3.52. The SMILES string of the molecule is COCCN(CC1CO1)C(C)C. The van der Waals surface area contributed by atoms with Crippen LogP contribution in [-0.4, -0.2) is 50.5 Å². The van der Waals surface area contributed by atoms with E-state index < -0.39 is 0 Å². The van der Waals surface area contributed by atoms with Crippen molar-refractivity contribution in [1.29, 1.82) is 0 Å². The summed E-state index contributed by atoms with van der Waals surface area (Å²) in [6.45, 7) is 8.23. The maximum Gasteiger partial charge on any atom is 0.0936 e. The van der Waals surface area contributed by atoms with Gasteiger partial charge in [-0.1, -0.05) is 0 Å². The van der Waals surface area contributed by atoms with Crippen molar-refractivity contribution in [3.8, 4) is 0 Å². The first kappa shape index (κ1) is 9.96. The second-order valence-corrected chi connectivity index (χ2v) is 3.54. The third-order valence-electron chi connectivity index (χ3n) is 2.15. The van der Waals surface area contributed by atoms with E-state index >= 15 is 0 Å². The van der Waals surface area contributed by atoms with Crippen molar-refractivity contribution in [3.63, 3.8) is 0 Å². The summed E-state index contributed by atoms with van der Waals surface area (Å²) in [5.74, 6) is 0. The van der Waals surface area contributed by atoms with E-state index in [4.69, 9.17) is 9.47 Å². The van der Waals surface area contributed by atoms with Crippen LogP contribution in [0.3, 0.4) is 0 Å². The van der Waals surface area contributed by atoms with Crippen molar-refractivity contribution in [2.75, 3.05) is 33.4 Å². The van der Waals surface area contributed by atoms with Gasteiger partial charge < -0.3 is 9.47 Å². The molecule has 0 N–H and O–H groups in total. The average molecular weight is 173 g/mol. The van der Waals surface area contributed by atoms with Crippen molar-refractivity contribution in [2.45, 2.75) is 26.0 Å². The van der Waals surface area contributed by atoms with Gasteiger partial charge in [-0.15, -0.1) is 0 Å². The van der Waals surface area contributed by atoms with E-state index in [0.29, 0.717) is 12.1 Å². The molecule has 0 aromatic carbocycles. The van der Waals surface area contributed by atoms with Gasteiger partial charge in [0.05, 0.1) is 19.3 Å². The molecule has 1 fully saturated rings.